The zero-order valence-corrected chi connectivity index (χ0v) is 15.9. The molecule has 5 nitrogen and oxygen atoms in total. The lowest BCUT2D eigenvalue weighted by molar-refractivity contribution is -0.122. The van der Waals surface area contributed by atoms with Crippen LogP contribution in [0.4, 0.5) is 0 Å². The Morgan fingerprint density at radius 2 is 1.92 bits per heavy atom. The molecule has 2 N–H and O–H groups in total. The van der Waals surface area contributed by atoms with Gasteiger partial charge < -0.3 is 10.3 Å². The van der Waals surface area contributed by atoms with E-state index in [1.165, 1.54) is 4.57 Å². The number of para-hydroxylation sites is 1. The van der Waals surface area contributed by atoms with Crippen molar-refractivity contribution in [1.29, 1.82) is 0 Å². The van der Waals surface area contributed by atoms with Gasteiger partial charge in [-0.2, -0.15) is 0 Å². The van der Waals surface area contributed by atoms with Crippen LogP contribution in [0.5, 0.6) is 0 Å². The molecule has 0 aliphatic rings. The molecule has 0 saturated carbocycles. The van der Waals surface area contributed by atoms with Crippen LogP contribution in [0.2, 0.25) is 0 Å². The average molecular weight is 418 g/mol. The quantitative estimate of drug-likeness (QED) is 0.635. The van der Waals surface area contributed by atoms with Gasteiger partial charge >= 0.3 is 0 Å². The predicted octanol–water partition coefficient (Wildman–Crippen LogP) is 3.70. The third-order valence-corrected chi connectivity index (χ3v) is 4.79. The van der Waals surface area contributed by atoms with Gasteiger partial charge in [-0.1, -0.05) is 40.2 Å². The van der Waals surface area contributed by atoms with Crippen molar-refractivity contribution in [2.75, 3.05) is 0 Å². The van der Waals surface area contributed by atoms with E-state index in [4.69, 9.17) is 12.2 Å². The highest BCUT2D eigenvalue weighted by Gasteiger charge is 2.13. The number of halogens is 1. The first kappa shape index (κ1) is 17.6. The van der Waals surface area contributed by atoms with Gasteiger partial charge in [-0.15, -0.1) is 0 Å². The summed E-state index contributed by atoms with van der Waals surface area (Å²) in [5, 5.41) is 3.40. The monoisotopic (exact) mass is 417 g/mol. The molecule has 0 saturated heterocycles. The minimum Gasteiger partial charge on any atom is -0.348 e. The minimum atomic E-state index is -0.272. The number of amides is 1. The summed E-state index contributed by atoms with van der Waals surface area (Å²) in [6.45, 7) is 1.77. The van der Waals surface area contributed by atoms with Gasteiger partial charge in [-0.3, -0.25) is 14.2 Å². The summed E-state index contributed by atoms with van der Waals surface area (Å²) < 4.78 is 2.49. The van der Waals surface area contributed by atoms with Gasteiger partial charge in [0.05, 0.1) is 16.9 Å². The smallest absolute Gasteiger partial charge is 0.262 e. The standard InChI is InChI=1S/C18H16BrN3O2S/c1-11(12-6-8-13(19)9-7-12)20-16(23)10-22-17(24)14-4-2-3-5-15(14)21-18(22)25/h2-9,11H,10H2,1H3,(H,20,23)(H,21,25)/t11-/m0/s1. The van der Waals surface area contributed by atoms with Crippen molar-refractivity contribution in [3.05, 3.63) is 73.7 Å². The SMILES string of the molecule is C[C@H](NC(=O)Cn1c(=S)[nH]c2ccccc2c1=O)c1ccc(Br)cc1. The van der Waals surface area contributed by atoms with E-state index in [1.54, 1.807) is 18.2 Å². The summed E-state index contributed by atoms with van der Waals surface area (Å²) in [7, 11) is 0. The fraction of sp³-hybridized carbons (Fsp3) is 0.167. The summed E-state index contributed by atoms with van der Waals surface area (Å²) >= 11 is 8.61. The lowest BCUT2D eigenvalue weighted by atomic mass is 10.1. The number of hydrogen-bond donors (Lipinski definition) is 2. The predicted molar refractivity (Wildman–Crippen MR) is 104 cm³/mol. The molecule has 0 spiro atoms. The van der Waals surface area contributed by atoms with E-state index in [0.29, 0.717) is 10.9 Å². The zero-order chi connectivity index (χ0) is 18.0. The van der Waals surface area contributed by atoms with Crippen LogP contribution < -0.4 is 10.9 Å². The van der Waals surface area contributed by atoms with Gasteiger partial charge in [0.15, 0.2) is 4.77 Å². The molecule has 3 aromatic rings. The fourth-order valence-corrected chi connectivity index (χ4v) is 3.13. The molecule has 25 heavy (non-hydrogen) atoms. The fourth-order valence-electron chi connectivity index (χ4n) is 2.61. The molecule has 0 radical (unpaired) electrons. The number of hydrogen-bond acceptors (Lipinski definition) is 3. The number of carbonyl (C=O) groups is 1. The number of aromatic amines is 1. The summed E-state index contributed by atoms with van der Waals surface area (Å²) in [5.41, 5.74) is 1.37. The molecule has 3 rings (SSSR count). The summed E-state index contributed by atoms with van der Waals surface area (Å²) in [6.07, 6.45) is 0. The van der Waals surface area contributed by atoms with Gasteiger partial charge in [0.2, 0.25) is 5.91 Å². The topological polar surface area (TPSA) is 66.9 Å². The number of rotatable bonds is 4. The Kier molecular flexibility index (Phi) is 5.15. The van der Waals surface area contributed by atoms with E-state index >= 15 is 0 Å². The lowest BCUT2D eigenvalue weighted by Crippen LogP contribution is -2.34. The second-order valence-electron chi connectivity index (χ2n) is 5.71. The highest BCUT2D eigenvalue weighted by atomic mass is 79.9. The van der Waals surface area contributed by atoms with Crippen molar-refractivity contribution in [3.8, 4) is 0 Å². The molecule has 0 aliphatic heterocycles. The van der Waals surface area contributed by atoms with Gasteiger partial charge in [0.25, 0.3) is 5.56 Å². The highest BCUT2D eigenvalue weighted by molar-refractivity contribution is 9.10. The Hall–Kier alpha value is -2.25. The van der Waals surface area contributed by atoms with E-state index in [9.17, 15) is 9.59 Å². The number of H-pyrrole nitrogens is 1. The number of nitrogens with one attached hydrogen (secondary N) is 2. The molecule has 7 heteroatoms. The van der Waals surface area contributed by atoms with Crippen molar-refractivity contribution in [2.45, 2.75) is 19.5 Å². The van der Waals surface area contributed by atoms with Crippen LogP contribution in [-0.4, -0.2) is 15.5 Å². The van der Waals surface area contributed by atoms with Crippen LogP contribution >= 0.6 is 28.1 Å². The van der Waals surface area contributed by atoms with E-state index < -0.39 is 0 Å². The van der Waals surface area contributed by atoms with Crippen LogP contribution in [0.3, 0.4) is 0 Å². The molecule has 0 fully saturated rings. The lowest BCUT2D eigenvalue weighted by Gasteiger charge is -2.15. The molecule has 128 valence electrons. The van der Waals surface area contributed by atoms with Crippen LogP contribution in [0, 0.1) is 4.77 Å². The molecular formula is C18H16BrN3O2S. The summed E-state index contributed by atoms with van der Waals surface area (Å²) in [6, 6.07) is 14.6. The largest absolute Gasteiger partial charge is 0.348 e. The van der Waals surface area contributed by atoms with E-state index in [-0.39, 0.29) is 28.8 Å². The number of fused-ring (bicyclic) bond motifs is 1. The maximum atomic E-state index is 12.6. The first-order chi connectivity index (χ1) is 12.0. The van der Waals surface area contributed by atoms with E-state index in [1.807, 2.05) is 37.3 Å². The summed E-state index contributed by atoms with van der Waals surface area (Å²) in [4.78, 5) is 27.9. The van der Waals surface area contributed by atoms with Crippen LogP contribution in [-0.2, 0) is 11.3 Å². The van der Waals surface area contributed by atoms with Crippen molar-refractivity contribution < 1.29 is 4.79 Å². The average Bonchev–Trinajstić information content (AvgIpc) is 2.59. The zero-order valence-electron chi connectivity index (χ0n) is 13.5. The number of aromatic nitrogens is 2. The molecule has 2 aromatic carbocycles. The molecule has 0 aliphatic carbocycles. The first-order valence-corrected chi connectivity index (χ1v) is 8.92. The Labute approximate surface area is 157 Å². The maximum Gasteiger partial charge on any atom is 0.262 e. The maximum absolute atomic E-state index is 12.6. The molecule has 1 heterocycles. The van der Waals surface area contributed by atoms with Crippen molar-refractivity contribution >= 4 is 45.0 Å². The molecule has 1 aromatic heterocycles. The Bertz CT molecular complexity index is 1040. The van der Waals surface area contributed by atoms with Crippen molar-refractivity contribution in [1.82, 2.24) is 14.9 Å². The second kappa shape index (κ2) is 7.33. The minimum absolute atomic E-state index is 0.125. The first-order valence-electron chi connectivity index (χ1n) is 7.72. The van der Waals surface area contributed by atoms with Crippen LogP contribution in [0.1, 0.15) is 18.5 Å². The number of nitrogens with zero attached hydrogens (tertiary/aromatic N) is 1. The van der Waals surface area contributed by atoms with E-state index in [2.05, 4.69) is 26.2 Å². The Morgan fingerprint density at radius 1 is 1.24 bits per heavy atom. The van der Waals surface area contributed by atoms with Gasteiger partial charge in [-0.25, -0.2) is 0 Å². The third-order valence-electron chi connectivity index (χ3n) is 3.94. The molecule has 1 atom stereocenters. The van der Waals surface area contributed by atoms with Gasteiger partial charge in [-0.05, 0) is 49.0 Å². The highest BCUT2D eigenvalue weighted by Crippen LogP contribution is 2.16. The molecule has 0 bridgehead atoms. The van der Waals surface area contributed by atoms with Gasteiger partial charge in [0.1, 0.15) is 6.54 Å². The molecule has 0 unspecified atom stereocenters. The van der Waals surface area contributed by atoms with Crippen molar-refractivity contribution in [3.63, 3.8) is 0 Å². The normalized spacial score (nSPS) is 12.1. The molecule has 1 amide bonds. The second-order valence-corrected chi connectivity index (χ2v) is 7.01. The number of carbonyl (C=O) groups excluding carboxylic acids is 1. The van der Waals surface area contributed by atoms with E-state index in [0.717, 1.165) is 10.0 Å². The number of benzene rings is 2. The van der Waals surface area contributed by atoms with Gasteiger partial charge in [0, 0.05) is 4.47 Å². The Morgan fingerprint density at radius 3 is 2.64 bits per heavy atom. The van der Waals surface area contributed by atoms with Crippen LogP contribution in [0.15, 0.2) is 57.8 Å². The Balaban J connectivity index is 1.81. The summed E-state index contributed by atoms with van der Waals surface area (Å²) in [5.74, 6) is -0.271. The third kappa shape index (κ3) is 3.88. The molecular weight excluding hydrogens is 402 g/mol. The van der Waals surface area contributed by atoms with Crippen molar-refractivity contribution in [2.24, 2.45) is 0 Å². The van der Waals surface area contributed by atoms with Crippen LogP contribution in [0.25, 0.3) is 10.9 Å².